The minimum atomic E-state index is -2.94. The number of aromatic nitrogens is 1. The van der Waals surface area contributed by atoms with Crippen molar-refractivity contribution in [1.82, 2.24) is 10.3 Å². The fraction of sp³-hybridized carbons (Fsp3) is 0.143. The van der Waals surface area contributed by atoms with E-state index in [0.29, 0.717) is 5.56 Å². The minimum absolute atomic E-state index is 0.000890. The number of carbonyl (C=O) groups excluding carboxylic acids is 1. The summed E-state index contributed by atoms with van der Waals surface area (Å²) in [6.07, 6.45) is 1.09. The molecular weight excluding hydrogens is 285 g/mol. The van der Waals surface area contributed by atoms with Crippen molar-refractivity contribution >= 4 is 5.91 Å². The molecule has 0 fully saturated rings. The van der Waals surface area contributed by atoms with Gasteiger partial charge >= 0.3 is 6.61 Å². The second-order valence-electron chi connectivity index (χ2n) is 4.04. The van der Waals surface area contributed by atoms with E-state index < -0.39 is 18.5 Å². The predicted octanol–water partition coefficient (Wildman–Crippen LogP) is 2.75. The molecule has 110 valence electrons. The molecule has 2 rings (SSSR count). The van der Waals surface area contributed by atoms with Crippen LogP contribution in [0.5, 0.6) is 5.75 Å². The highest BCUT2D eigenvalue weighted by atomic mass is 19.3. The van der Waals surface area contributed by atoms with E-state index in [1.54, 1.807) is 18.2 Å². The summed E-state index contributed by atoms with van der Waals surface area (Å²) in [6, 6.07) is 8.46. The van der Waals surface area contributed by atoms with Crippen LogP contribution >= 0.6 is 0 Å². The molecule has 0 spiro atoms. The lowest BCUT2D eigenvalue weighted by Crippen LogP contribution is -2.23. The first-order chi connectivity index (χ1) is 10.1. The fourth-order valence-corrected chi connectivity index (χ4v) is 1.65. The van der Waals surface area contributed by atoms with Crippen molar-refractivity contribution in [3.05, 3.63) is 59.7 Å². The number of rotatable bonds is 5. The molecule has 0 saturated carbocycles. The molecule has 0 aliphatic rings. The predicted molar refractivity (Wildman–Crippen MR) is 68.4 cm³/mol. The number of halogens is 3. The van der Waals surface area contributed by atoms with Crippen molar-refractivity contribution in [3.63, 3.8) is 0 Å². The third-order valence-electron chi connectivity index (χ3n) is 2.62. The summed E-state index contributed by atoms with van der Waals surface area (Å²) in [5.74, 6) is -1.19. The van der Waals surface area contributed by atoms with Gasteiger partial charge in [0.1, 0.15) is 5.75 Å². The zero-order valence-electron chi connectivity index (χ0n) is 10.7. The smallest absolute Gasteiger partial charge is 0.387 e. The summed E-state index contributed by atoms with van der Waals surface area (Å²) in [7, 11) is 0. The first-order valence-corrected chi connectivity index (χ1v) is 5.98. The third kappa shape index (κ3) is 4.20. The molecule has 1 N–H and O–H groups in total. The van der Waals surface area contributed by atoms with E-state index in [9.17, 15) is 18.0 Å². The maximum Gasteiger partial charge on any atom is 0.387 e. The topological polar surface area (TPSA) is 51.2 Å². The van der Waals surface area contributed by atoms with Gasteiger partial charge in [-0.3, -0.25) is 4.79 Å². The zero-order chi connectivity index (χ0) is 15.2. The maximum atomic E-state index is 12.6. The standard InChI is InChI=1S/C14H11F3N2O2/c15-12-6-5-10(8-18-12)13(20)19-7-9-3-1-2-4-11(9)21-14(16)17/h1-6,8,14H,7H2,(H,19,20). The molecule has 0 aliphatic heterocycles. The Kier molecular flexibility index (Phi) is 4.76. The summed E-state index contributed by atoms with van der Waals surface area (Å²) >= 11 is 0. The van der Waals surface area contributed by atoms with E-state index >= 15 is 0 Å². The first kappa shape index (κ1) is 14.8. The van der Waals surface area contributed by atoms with E-state index in [4.69, 9.17) is 0 Å². The Labute approximate surface area is 118 Å². The van der Waals surface area contributed by atoms with Crippen LogP contribution < -0.4 is 10.1 Å². The highest BCUT2D eigenvalue weighted by Crippen LogP contribution is 2.20. The van der Waals surface area contributed by atoms with Crippen LogP contribution in [0.15, 0.2) is 42.6 Å². The van der Waals surface area contributed by atoms with Crippen LogP contribution in [-0.4, -0.2) is 17.5 Å². The van der Waals surface area contributed by atoms with Gasteiger partial charge in [-0.05, 0) is 18.2 Å². The quantitative estimate of drug-likeness (QED) is 0.863. The highest BCUT2D eigenvalue weighted by Gasteiger charge is 2.11. The van der Waals surface area contributed by atoms with Gasteiger partial charge in [0.2, 0.25) is 5.95 Å². The third-order valence-corrected chi connectivity index (χ3v) is 2.62. The summed E-state index contributed by atoms with van der Waals surface area (Å²) in [5, 5.41) is 2.52. The van der Waals surface area contributed by atoms with Crippen LogP contribution in [0.3, 0.4) is 0 Å². The van der Waals surface area contributed by atoms with Gasteiger partial charge in [-0.15, -0.1) is 0 Å². The summed E-state index contributed by atoms with van der Waals surface area (Å²) < 4.78 is 41.5. The van der Waals surface area contributed by atoms with Gasteiger partial charge in [0, 0.05) is 18.3 Å². The van der Waals surface area contributed by atoms with Gasteiger partial charge in [0.05, 0.1) is 5.56 Å². The number of nitrogens with zero attached hydrogens (tertiary/aromatic N) is 1. The Morgan fingerprint density at radius 3 is 2.67 bits per heavy atom. The number of hydrogen-bond donors (Lipinski definition) is 1. The number of hydrogen-bond acceptors (Lipinski definition) is 3. The van der Waals surface area contributed by atoms with Gasteiger partial charge in [-0.1, -0.05) is 18.2 Å². The van der Waals surface area contributed by atoms with Gasteiger partial charge in [-0.25, -0.2) is 4.98 Å². The molecular formula is C14H11F3N2O2. The van der Waals surface area contributed by atoms with E-state index in [-0.39, 0.29) is 17.9 Å². The Hall–Kier alpha value is -2.57. The second-order valence-corrected chi connectivity index (χ2v) is 4.04. The van der Waals surface area contributed by atoms with Crippen molar-refractivity contribution in [2.24, 2.45) is 0 Å². The molecule has 1 aromatic heterocycles. The van der Waals surface area contributed by atoms with Crippen LogP contribution in [-0.2, 0) is 6.54 Å². The Balaban J connectivity index is 2.02. The number of para-hydroxylation sites is 1. The molecule has 0 saturated heterocycles. The molecule has 21 heavy (non-hydrogen) atoms. The van der Waals surface area contributed by atoms with Crippen LogP contribution in [0.25, 0.3) is 0 Å². The molecule has 0 aliphatic carbocycles. The Morgan fingerprint density at radius 1 is 1.24 bits per heavy atom. The lowest BCUT2D eigenvalue weighted by atomic mass is 10.2. The van der Waals surface area contributed by atoms with Crippen molar-refractivity contribution < 1.29 is 22.7 Å². The van der Waals surface area contributed by atoms with E-state index in [1.807, 2.05) is 0 Å². The highest BCUT2D eigenvalue weighted by molar-refractivity contribution is 5.93. The van der Waals surface area contributed by atoms with Gasteiger partial charge in [-0.2, -0.15) is 13.2 Å². The molecule has 1 aromatic carbocycles. The SMILES string of the molecule is O=C(NCc1ccccc1OC(F)F)c1ccc(F)nc1. The minimum Gasteiger partial charge on any atom is -0.434 e. The van der Waals surface area contributed by atoms with E-state index in [0.717, 1.165) is 12.3 Å². The molecule has 1 heterocycles. The maximum absolute atomic E-state index is 12.6. The van der Waals surface area contributed by atoms with Crippen molar-refractivity contribution in [2.45, 2.75) is 13.2 Å². The average Bonchev–Trinajstić information content (AvgIpc) is 2.46. The zero-order valence-corrected chi connectivity index (χ0v) is 10.7. The number of carbonyl (C=O) groups is 1. The first-order valence-electron chi connectivity index (χ1n) is 5.98. The molecule has 0 radical (unpaired) electrons. The lowest BCUT2D eigenvalue weighted by Gasteiger charge is -2.11. The van der Waals surface area contributed by atoms with E-state index in [2.05, 4.69) is 15.0 Å². The Bertz CT molecular complexity index is 618. The van der Waals surface area contributed by atoms with Gasteiger partial charge < -0.3 is 10.1 Å². The van der Waals surface area contributed by atoms with Crippen molar-refractivity contribution in [2.75, 3.05) is 0 Å². The Morgan fingerprint density at radius 2 is 2.00 bits per heavy atom. The van der Waals surface area contributed by atoms with Gasteiger partial charge in [0.25, 0.3) is 5.91 Å². The summed E-state index contributed by atoms with van der Waals surface area (Å²) in [5.41, 5.74) is 0.574. The molecule has 0 unspecified atom stereocenters. The number of pyridine rings is 1. The summed E-state index contributed by atoms with van der Waals surface area (Å²) in [4.78, 5) is 15.2. The normalized spacial score (nSPS) is 10.5. The number of amides is 1. The van der Waals surface area contributed by atoms with Crippen LogP contribution in [0.2, 0.25) is 0 Å². The lowest BCUT2D eigenvalue weighted by molar-refractivity contribution is -0.0504. The van der Waals surface area contributed by atoms with Gasteiger partial charge in [0.15, 0.2) is 0 Å². The fourth-order valence-electron chi connectivity index (χ4n) is 1.65. The summed E-state index contributed by atoms with van der Waals surface area (Å²) in [6.45, 7) is -2.94. The molecule has 0 atom stereocenters. The second kappa shape index (κ2) is 6.74. The van der Waals surface area contributed by atoms with Crippen LogP contribution in [0.1, 0.15) is 15.9 Å². The van der Waals surface area contributed by atoms with Crippen molar-refractivity contribution in [1.29, 1.82) is 0 Å². The largest absolute Gasteiger partial charge is 0.434 e. The number of benzene rings is 1. The molecule has 0 bridgehead atoms. The van der Waals surface area contributed by atoms with Crippen LogP contribution in [0, 0.1) is 5.95 Å². The monoisotopic (exact) mass is 296 g/mol. The molecule has 1 amide bonds. The molecule has 2 aromatic rings. The molecule has 4 nitrogen and oxygen atoms in total. The van der Waals surface area contributed by atoms with Crippen molar-refractivity contribution in [3.8, 4) is 5.75 Å². The molecule has 7 heteroatoms. The van der Waals surface area contributed by atoms with E-state index in [1.165, 1.54) is 12.1 Å². The number of ether oxygens (including phenoxy) is 1. The van der Waals surface area contributed by atoms with Crippen LogP contribution in [0.4, 0.5) is 13.2 Å². The number of nitrogens with one attached hydrogen (secondary N) is 1. The number of alkyl halides is 2. The average molecular weight is 296 g/mol.